The second-order valence-electron chi connectivity index (χ2n) is 3.58. The SMILES string of the molecule is CC(=O)NCC#Cc1cc(C(=O)O)ccc1C(=O)O. The normalized spacial score (nSPS) is 9.11. The number of carbonyl (C=O) groups is 3. The number of carbonyl (C=O) groups excluding carboxylic acids is 1. The first kappa shape index (κ1) is 14.3. The molecule has 6 heteroatoms. The first-order valence-corrected chi connectivity index (χ1v) is 5.25. The van der Waals surface area contributed by atoms with Gasteiger partial charge in [0.05, 0.1) is 17.7 Å². The maximum absolute atomic E-state index is 11.0. The fourth-order valence-electron chi connectivity index (χ4n) is 1.28. The fourth-order valence-corrected chi connectivity index (χ4v) is 1.28. The molecule has 98 valence electrons. The van der Waals surface area contributed by atoms with Crippen LogP contribution in [0.4, 0.5) is 0 Å². The highest BCUT2D eigenvalue weighted by atomic mass is 16.4. The summed E-state index contributed by atoms with van der Waals surface area (Å²) in [4.78, 5) is 32.4. The largest absolute Gasteiger partial charge is 0.478 e. The average Bonchev–Trinajstić information content (AvgIpc) is 2.33. The smallest absolute Gasteiger partial charge is 0.336 e. The summed E-state index contributed by atoms with van der Waals surface area (Å²) < 4.78 is 0. The van der Waals surface area contributed by atoms with Crippen molar-refractivity contribution in [1.29, 1.82) is 0 Å². The van der Waals surface area contributed by atoms with Gasteiger partial charge < -0.3 is 15.5 Å². The molecule has 6 nitrogen and oxygen atoms in total. The number of benzene rings is 1. The number of nitrogens with one attached hydrogen (secondary N) is 1. The molecule has 0 aliphatic heterocycles. The van der Waals surface area contributed by atoms with Crippen LogP contribution in [-0.2, 0) is 4.79 Å². The molecule has 19 heavy (non-hydrogen) atoms. The van der Waals surface area contributed by atoms with Gasteiger partial charge in [0, 0.05) is 12.5 Å². The van der Waals surface area contributed by atoms with Crippen molar-refractivity contribution in [2.24, 2.45) is 0 Å². The van der Waals surface area contributed by atoms with E-state index in [0.717, 1.165) is 0 Å². The Morgan fingerprint density at radius 2 is 1.89 bits per heavy atom. The van der Waals surface area contributed by atoms with Gasteiger partial charge in [0.2, 0.25) is 5.91 Å². The van der Waals surface area contributed by atoms with Gasteiger partial charge in [-0.05, 0) is 18.2 Å². The molecular weight excluding hydrogens is 250 g/mol. The van der Waals surface area contributed by atoms with E-state index < -0.39 is 11.9 Å². The van der Waals surface area contributed by atoms with Crippen molar-refractivity contribution in [3.8, 4) is 11.8 Å². The lowest BCUT2D eigenvalue weighted by atomic mass is 10.0. The van der Waals surface area contributed by atoms with E-state index in [1.807, 2.05) is 0 Å². The monoisotopic (exact) mass is 261 g/mol. The number of aromatic carboxylic acids is 2. The van der Waals surface area contributed by atoms with Crippen LogP contribution in [0.3, 0.4) is 0 Å². The molecular formula is C13H11NO5. The molecule has 0 aromatic heterocycles. The van der Waals surface area contributed by atoms with Crippen LogP contribution in [0, 0.1) is 11.8 Å². The van der Waals surface area contributed by atoms with Crippen LogP contribution in [0.15, 0.2) is 18.2 Å². The highest BCUT2D eigenvalue weighted by molar-refractivity contribution is 5.94. The van der Waals surface area contributed by atoms with Crippen molar-refractivity contribution in [1.82, 2.24) is 5.32 Å². The van der Waals surface area contributed by atoms with Gasteiger partial charge in [0.1, 0.15) is 0 Å². The topological polar surface area (TPSA) is 104 Å². The summed E-state index contributed by atoms with van der Waals surface area (Å²) in [6.07, 6.45) is 0. The molecule has 1 aromatic carbocycles. The number of hydrogen-bond donors (Lipinski definition) is 3. The van der Waals surface area contributed by atoms with Crippen molar-refractivity contribution >= 4 is 17.8 Å². The first-order valence-electron chi connectivity index (χ1n) is 5.25. The molecule has 0 spiro atoms. The standard InChI is InChI=1S/C13H11NO5/c1-8(15)14-6-2-3-9-7-10(12(16)17)4-5-11(9)13(18)19/h4-5,7H,6H2,1H3,(H,14,15)(H,16,17)(H,18,19). The molecule has 0 radical (unpaired) electrons. The number of rotatable bonds is 3. The Kier molecular flexibility index (Phi) is 4.66. The number of hydrogen-bond acceptors (Lipinski definition) is 3. The molecule has 0 heterocycles. The highest BCUT2D eigenvalue weighted by Crippen LogP contribution is 2.11. The van der Waals surface area contributed by atoms with Crippen molar-refractivity contribution in [3.05, 3.63) is 34.9 Å². The van der Waals surface area contributed by atoms with Crippen molar-refractivity contribution in [2.45, 2.75) is 6.92 Å². The Labute approximate surface area is 109 Å². The van der Waals surface area contributed by atoms with E-state index in [2.05, 4.69) is 17.2 Å². The van der Waals surface area contributed by atoms with Crippen LogP contribution in [0.1, 0.15) is 33.2 Å². The summed E-state index contributed by atoms with van der Waals surface area (Å²) in [6.45, 7) is 1.39. The van der Waals surface area contributed by atoms with Crippen molar-refractivity contribution < 1.29 is 24.6 Å². The van der Waals surface area contributed by atoms with E-state index in [0.29, 0.717) is 0 Å². The third-order valence-corrected chi connectivity index (χ3v) is 2.15. The zero-order valence-corrected chi connectivity index (χ0v) is 10.1. The van der Waals surface area contributed by atoms with Crippen LogP contribution < -0.4 is 5.32 Å². The predicted molar refractivity (Wildman–Crippen MR) is 65.9 cm³/mol. The van der Waals surface area contributed by atoms with E-state index in [1.165, 1.54) is 25.1 Å². The molecule has 0 atom stereocenters. The minimum atomic E-state index is -1.19. The Morgan fingerprint density at radius 1 is 1.21 bits per heavy atom. The molecule has 0 unspecified atom stereocenters. The third kappa shape index (κ3) is 4.16. The average molecular weight is 261 g/mol. The van der Waals surface area contributed by atoms with Gasteiger partial charge in [-0.15, -0.1) is 0 Å². The summed E-state index contributed by atoms with van der Waals surface area (Å²) >= 11 is 0. The van der Waals surface area contributed by atoms with Crippen LogP contribution in [0.25, 0.3) is 0 Å². The van der Waals surface area contributed by atoms with Gasteiger partial charge in [-0.3, -0.25) is 4.79 Å². The Hall–Kier alpha value is -2.81. The molecule has 0 aliphatic rings. The zero-order chi connectivity index (χ0) is 14.4. The van der Waals surface area contributed by atoms with Crippen molar-refractivity contribution in [2.75, 3.05) is 6.54 Å². The fraction of sp³-hybridized carbons (Fsp3) is 0.154. The third-order valence-electron chi connectivity index (χ3n) is 2.15. The molecule has 0 bridgehead atoms. The van der Waals surface area contributed by atoms with Crippen molar-refractivity contribution in [3.63, 3.8) is 0 Å². The highest BCUT2D eigenvalue weighted by Gasteiger charge is 2.11. The summed E-state index contributed by atoms with van der Waals surface area (Å²) in [7, 11) is 0. The lowest BCUT2D eigenvalue weighted by molar-refractivity contribution is -0.118. The van der Waals surface area contributed by atoms with E-state index >= 15 is 0 Å². The van der Waals surface area contributed by atoms with Crippen LogP contribution in [0.5, 0.6) is 0 Å². The predicted octanol–water partition coefficient (Wildman–Crippen LogP) is 0.571. The van der Waals surface area contributed by atoms with Gasteiger partial charge >= 0.3 is 11.9 Å². The van der Waals surface area contributed by atoms with Gasteiger partial charge in [0.15, 0.2) is 0 Å². The minimum absolute atomic E-state index is 0.0474. The second kappa shape index (κ2) is 6.21. The lowest BCUT2D eigenvalue weighted by Crippen LogP contribution is -2.19. The molecule has 1 aromatic rings. The van der Waals surface area contributed by atoms with Gasteiger partial charge in [0.25, 0.3) is 0 Å². The number of amides is 1. The maximum atomic E-state index is 11.0. The van der Waals surface area contributed by atoms with E-state index in [9.17, 15) is 14.4 Å². The van der Waals surface area contributed by atoms with Crippen LogP contribution in [0.2, 0.25) is 0 Å². The Bertz CT molecular complexity index is 595. The molecule has 0 fully saturated rings. The zero-order valence-electron chi connectivity index (χ0n) is 10.1. The van der Waals surface area contributed by atoms with Gasteiger partial charge in [-0.1, -0.05) is 11.8 Å². The van der Waals surface area contributed by atoms with Gasteiger partial charge in [-0.2, -0.15) is 0 Å². The summed E-state index contributed by atoms with van der Waals surface area (Å²) in [5.74, 6) is 2.48. The van der Waals surface area contributed by atoms with E-state index in [-0.39, 0.29) is 29.1 Å². The van der Waals surface area contributed by atoms with E-state index in [1.54, 1.807) is 0 Å². The Morgan fingerprint density at radius 3 is 2.42 bits per heavy atom. The van der Waals surface area contributed by atoms with E-state index in [4.69, 9.17) is 10.2 Å². The molecule has 0 saturated carbocycles. The van der Waals surface area contributed by atoms with Crippen LogP contribution in [-0.4, -0.2) is 34.6 Å². The summed E-state index contributed by atoms with van der Waals surface area (Å²) in [5, 5.41) is 20.2. The molecule has 1 amide bonds. The maximum Gasteiger partial charge on any atom is 0.336 e. The van der Waals surface area contributed by atoms with Gasteiger partial charge in [-0.25, -0.2) is 9.59 Å². The first-order chi connectivity index (χ1) is 8.91. The van der Waals surface area contributed by atoms with Crippen LogP contribution >= 0.6 is 0 Å². The summed E-state index contributed by atoms with van der Waals surface area (Å²) in [5.41, 5.74) is -0.0353. The number of carboxylic acid groups (broad SMARTS) is 2. The molecule has 0 saturated heterocycles. The second-order valence-corrected chi connectivity index (χ2v) is 3.58. The number of carboxylic acids is 2. The lowest BCUT2D eigenvalue weighted by Gasteiger charge is -2.01. The quantitative estimate of drug-likeness (QED) is 0.690. The molecule has 1 rings (SSSR count). The Balaban J connectivity index is 3.07. The molecule has 3 N–H and O–H groups in total. The minimum Gasteiger partial charge on any atom is -0.478 e. The summed E-state index contributed by atoms with van der Waals surface area (Å²) in [6, 6.07) is 3.57. The molecule has 0 aliphatic carbocycles.